The molecule has 2 unspecified atom stereocenters. The first kappa shape index (κ1) is 16.5. The van der Waals surface area contributed by atoms with E-state index in [0.29, 0.717) is 24.4 Å². The van der Waals surface area contributed by atoms with Crippen LogP contribution in [-0.4, -0.2) is 12.0 Å². The number of carbonyl (C=O) groups is 1. The third kappa shape index (κ3) is 3.12. The molecule has 0 fully saturated rings. The molecular weight excluding hydrogens is 307 g/mol. The van der Waals surface area contributed by atoms with Crippen LogP contribution >= 0.6 is 0 Å². The number of fused-ring (bicyclic) bond motifs is 1. The van der Waals surface area contributed by atoms with Crippen molar-refractivity contribution in [1.82, 2.24) is 0 Å². The van der Waals surface area contributed by atoms with Gasteiger partial charge in [-0.1, -0.05) is 25.1 Å². The Morgan fingerprint density at radius 2 is 1.96 bits per heavy atom. The van der Waals surface area contributed by atoms with Gasteiger partial charge in [-0.15, -0.1) is 0 Å². The van der Waals surface area contributed by atoms with Crippen LogP contribution in [0.1, 0.15) is 37.4 Å². The second kappa shape index (κ2) is 6.61. The van der Waals surface area contributed by atoms with Gasteiger partial charge in [0.2, 0.25) is 0 Å². The molecule has 2 N–H and O–H groups in total. The van der Waals surface area contributed by atoms with Crippen molar-refractivity contribution in [3.05, 3.63) is 59.4 Å². The molecule has 0 aliphatic carbocycles. The number of benzene rings is 2. The van der Waals surface area contributed by atoms with E-state index in [-0.39, 0.29) is 17.8 Å². The lowest BCUT2D eigenvalue weighted by atomic mass is 10.0. The highest BCUT2D eigenvalue weighted by atomic mass is 19.1. The monoisotopic (exact) mass is 328 g/mol. The van der Waals surface area contributed by atoms with Gasteiger partial charge in [0.15, 0.2) is 6.10 Å². The zero-order valence-electron chi connectivity index (χ0n) is 13.8. The normalized spacial score (nSPS) is 18.1. The van der Waals surface area contributed by atoms with Gasteiger partial charge in [0, 0.05) is 6.04 Å². The van der Waals surface area contributed by atoms with Gasteiger partial charge < -0.3 is 15.4 Å². The van der Waals surface area contributed by atoms with E-state index in [9.17, 15) is 9.18 Å². The summed E-state index contributed by atoms with van der Waals surface area (Å²) in [6.07, 6.45) is 0.0897. The number of halogens is 1. The zero-order chi connectivity index (χ0) is 17.3. The van der Waals surface area contributed by atoms with Crippen molar-refractivity contribution in [2.75, 3.05) is 4.90 Å². The number of amides is 1. The third-order valence-electron chi connectivity index (χ3n) is 4.24. The summed E-state index contributed by atoms with van der Waals surface area (Å²) in [5.41, 5.74) is 8.47. The van der Waals surface area contributed by atoms with Crippen LogP contribution in [0, 0.1) is 5.82 Å². The molecule has 0 saturated heterocycles. The molecule has 1 amide bonds. The van der Waals surface area contributed by atoms with Gasteiger partial charge in [-0.2, -0.15) is 0 Å². The highest BCUT2D eigenvalue weighted by Gasteiger charge is 2.33. The Labute approximate surface area is 141 Å². The summed E-state index contributed by atoms with van der Waals surface area (Å²) >= 11 is 0. The first-order valence-corrected chi connectivity index (χ1v) is 8.11. The maximum atomic E-state index is 13.1. The Bertz CT molecular complexity index is 744. The number of carbonyl (C=O) groups excluding carboxylic acids is 1. The standard InChI is InChI=1S/C19H21FN2O2/c1-3-17-19(23)22(11-13-4-7-15(20)8-5-13)16-10-14(12(2)21)6-9-18(16)24-17/h4-10,12,17H,3,11,21H2,1-2H3. The van der Waals surface area contributed by atoms with Gasteiger partial charge in [-0.3, -0.25) is 4.79 Å². The largest absolute Gasteiger partial charge is 0.478 e. The maximum absolute atomic E-state index is 13.1. The van der Waals surface area contributed by atoms with E-state index in [2.05, 4.69) is 0 Å². The van der Waals surface area contributed by atoms with Crippen molar-refractivity contribution in [2.24, 2.45) is 5.73 Å². The minimum absolute atomic E-state index is 0.0869. The number of nitrogens with zero attached hydrogens (tertiary/aromatic N) is 1. The Kier molecular flexibility index (Phi) is 4.53. The molecule has 0 aromatic heterocycles. The molecule has 126 valence electrons. The Morgan fingerprint density at radius 3 is 2.58 bits per heavy atom. The Morgan fingerprint density at radius 1 is 1.25 bits per heavy atom. The van der Waals surface area contributed by atoms with E-state index in [0.717, 1.165) is 11.1 Å². The van der Waals surface area contributed by atoms with Crippen molar-refractivity contribution in [1.29, 1.82) is 0 Å². The number of hydrogen-bond donors (Lipinski definition) is 1. The maximum Gasteiger partial charge on any atom is 0.268 e. The molecule has 1 heterocycles. The van der Waals surface area contributed by atoms with Gasteiger partial charge in [-0.25, -0.2) is 4.39 Å². The lowest BCUT2D eigenvalue weighted by Gasteiger charge is -2.34. The highest BCUT2D eigenvalue weighted by molar-refractivity contribution is 6.00. The number of nitrogens with two attached hydrogens (primary N) is 1. The Hall–Kier alpha value is -2.40. The van der Waals surface area contributed by atoms with Crippen molar-refractivity contribution < 1.29 is 13.9 Å². The van der Waals surface area contributed by atoms with Crippen LogP contribution in [0.4, 0.5) is 10.1 Å². The number of ether oxygens (including phenoxy) is 1. The molecule has 1 aliphatic heterocycles. The fourth-order valence-electron chi connectivity index (χ4n) is 2.82. The van der Waals surface area contributed by atoms with Gasteiger partial charge in [0.1, 0.15) is 11.6 Å². The van der Waals surface area contributed by atoms with Crippen LogP contribution in [-0.2, 0) is 11.3 Å². The molecule has 2 atom stereocenters. The molecule has 24 heavy (non-hydrogen) atoms. The number of hydrogen-bond acceptors (Lipinski definition) is 3. The average Bonchev–Trinajstić information content (AvgIpc) is 2.58. The second-order valence-corrected chi connectivity index (χ2v) is 6.08. The summed E-state index contributed by atoms with van der Waals surface area (Å²) in [5.74, 6) is 0.294. The summed E-state index contributed by atoms with van der Waals surface area (Å²) < 4.78 is 18.9. The van der Waals surface area contributed by atoms with Gasteiger partial charge >= 0.3 is 0 Å². The second-order valence-electron chi connectivity index (χ2n) is 6.08. The summed E-state index contributed by atoms with van der Waals surface area (Å²) in [7, 11) is 0. The molecular formula is C19H21FN2O2. The SMILES string of the molecule is CCC1Oc2ccc(C(C)N)cc2N(Cc2ccc(F)cc2)C1=O. The fourth-order valence-corrected chi connectivity index (χ4v) is 2.82. The molecule has 3 rings (SSSR count). The van der Waals surface area contributed by atoms with E-state index >= 15 is 0 Å². The van der Waals surface area contributed by atoms with E-state index in [1.54, 1.807) is 17.0 Å². The summed E-state index contributed by atoms with van der Waals surface area (Å²) in [6, 6.07) is 11.7. The van der Waals surface area contributed by atoms with E-state index in [4.69, 9.17) is 10.5 Å². The first-order chi connectivity index (χ1) is 11.5. The molecule has 1 aliphatic rings. The smallest absolute Gasteiger partial charge is 0.268 e. The Balaban J connectivity index is 2.00. The van der Waals surface area contributed by atoms with Crippen LogP contribution in [0.5, 0.6) is 5.75 Å². The van der Waals surface area contributed by atoms with Crippen LogP contribution in [0.25, 0.3) is 0 Å². The van der Waals surface area contributed by atoms with Crippen molar-refractivity contribution in [2.45, 2.75) is 39.0 Å². The minimum Gasteiger partial charge on any atom is -0.478 e. The van der Waals surface area contributed by atoms with E-state index in [1.165, 1.54) is 12.1 Å². The lowest BCUT2D eigenvalue weighted by molar-refractivity contribution is -0.126. The van der Waals surface area contributed by atoms with Crippen LogP contribution in [0.15, 0.2) is 42.5 Å². The minimum atomic E-state index is -0.501. The summed E-state index contributed by atoms with van der Waals surface area (Å²) in [4.78, 5) is 14.5. The number of rotatable bonds is 4. The molecule has 0 radical (unpaired) electrons. The average molecular weight is 328 g/mol. The molecule has 0 bridgehead atoms. The van der Waals surface area contributed by atoms with Crippen LogP contribution in [0.3, 0.4) is 0 Å². The molecule has 2 aromatic carbocycles. The molecule has 2 aromatic rings. The molecule has 4 nitrogen and oxygen atoms in total. The van der Waals surface area contributed by atoms with Crippen molar-refractivity contribution in [3.63, 3.8) is 0 Å². The van der Waals surface area contributed by atoms with Gasteiger partial charge in [-0.05, 0) is 48.7 Å². The molecule has 5 heteroatoms. The predicted molar refractivity (Wildman–Crippen MR) is 91.3 cm³/mol. The highest BCUT2D eigenvalue weighted by Crippen LogP contribution is 2.37. The van der Waals surface area contributed by atoms with E-state index in [1.807, 2.05) is 32.0 Å². The lowest BCUT2D eigenvalue weighted by Crippen LogP contribution is -2.45. The number of anilines is 1. The summed E-state index contributed by atoms with van der Waals surface area (Å²) in [6.45, 7) is 4.18. The predicted octanol–water partition coefficient (Wildman–Crippen LogP) is 3.55. The first-order valence-electron chi connectivity index (χ1n) is 8.11. The quantitative estimate of drug-likeness (QED) is 0.934. The van der Waals surface area contributed by atoms with Crippen molar-refractivity contribution in [3.8, 4) is 5.75 Å². The van der Waals surface area contributed by atoms with Crippen LogP contribution < -0.4 is 15.4 Å². The topological polar surface area (TPSA) is 55.6 Å². The zero-order valence-corrected chi connectivity index (χ0v) is 13.8. The molecule has 0 spiro atoms. The molecule has 0 saturated carbocycles. The van der Waals surface area contributed by atoms with Crippen LogP contribution in [0.2, 0.25) is 0 Å². The summed E-state index contributed by atoms with van der Waals surface area (Å²) in [5, 5.41) is 0. The third-order valence-corrected chi connectivity index (χ3v) is 4.24. The van der Waals surface area contributed by atoms with Gasteiger partial charge in [0.25, 0.3) is 5.91 Å². The fraction of sp³-hybridized carbons (Fsp3) is 0.316. The van der Waals surface area contributed by atoms with Crippen molar-refractivity contribution >= 4 is 11.6 Å². The van der Waals surface area contributed by atoms with E-state index < -0.39 is 6.10 Å². The van der Waals surface area contributed by atoms with Gasteiger partial charge in [0.05, 0.1) is 12.2 Å².